The van der Waals surface area contributed by atoms with Crippen molar-refractivity contribution in [2.45, 2.75) is 0 Å². The predicted molar refractivity (Wildman–Crippen MR) is 194 cm³/mol. The molecule has 0 fully saturated rings. The Kier molecular flexibility index (Phi) is 5.97. The zero-order valence-corrected chi connectivity index (χ0v) is 25.5. The first-order valence-electron chi connectivity index (χ1n) is 14.9. The lowest BCUT2D eigenvalue weighted by molar-refractivity contribution is 1.57. The van der Waals surface area contributed by atoms with Gasteiger partial charge in [-0.2, -0.15) is 0 Å². The molecule has 0 aliphatic carbocycles. The molecular weight excluding hydrogens is 569 g/mol. The third-order valence-corrected chi connectivity index (χ3v) is 11.1. The van der Waals surface area contributed by atoms with Crippen molar-refractivity contribution in [1.29, 1.82) is 0 Å². The van der Waals surface area contributed by atoms with Crippen LogP contribution in [0.15, 0.2) is 158 Å². The van der Waals surface area contributed by atoms with Crippen molar-refractivity contribution in [2.24, 2.45) is 0 Å². The van der Waals surface area contributed by atoms with E-state index in [1.165, 1.54) is 84.9 Å². The topological polar surface area (TPSA) is 0 Å². The van der Waals surface area contributed by atoms with Crippen molar-refractivity contribution in [1.82, 2.24) is 0 Å². The van der Waals surface area contributed by atoms with Gasteiger partial charge in [-0.1, -0.05) is 133 Å². The van der Waals surface area contributed by atoms with Crippen LogP contribution in [-0.4, -0.2) is 0 Å². The zero-order valence-electron chi connectivity index (χ0n) is 23.8. The average molecular weight is 595 g/mol. The molecular formula is C42H26S2. The Bertz CT molecular complexity index is 2350. The second kappa shape index (κ2) is 10.3. The maximum Gasteiger partial charge on any atom is 0.0434 e. The van der Waals surface area contributed by atoms with E-state index in [-0.39, 0.29) is 0 Å². The van der Waals surface area contributed by atoms with Gasteiger partial charge < -0.3 is 0 Å². The van der Waals surface area contributed by atoms with Gasteiger partial charge in [0.2, 0.25) is 0 Å². The predicted octanol–water partition coefficient (Wildman–Crippen LogP) is 13.1. The minimum atomic E-state index is 1.22. The molecule has 0 bridgehead atoms. The molecule has 7 aromatic carbocycles. The number of rotatable bonds is 4. The van der Waals surface area contributed by atoms with Crippen LogP contribution in [0.1, 0.15) is 0 Å². The molecule has 0 saturated carbocycles. The van der Waals surface area contributed by atoms with E-state index >= 15 is 0 Å². The van der Waals surface area contributed by atoms with Crippen LogP contribution >= 0.6 is 22.7 Å². The van der Waals surface area contributed by atoms with Crippen molar-refractivity contribution < 1.29 is 0 Å². The van der Waals surface area contributed by atoms with Gasteiger partial charge in [0.1, 0.15) is 0 Å². The number of thiophene rings is 2. The van der Waals surface area contributed by atoms with Crippen LogP contribution in [0.3, 0.4) is 0 Å². The van der Waals surface area contributed by atoms with Gasteiger partial charge >= 0.3 is 0 Å². The summed E-state index contributed by atoms with van der Waals surface area (Å²) in [5.41, 5.74) is 10.1. The van der Waals surface area contributed by atoms with Crippen molar-refractivity contribution in [2.75, 3.05) is 0 Å². The first-order chi connectivity index (χ1) is 21.8. The van der Waals surface area contributed by atoms with E-state index in [1.807, 2.05) is 22.7 Å². The molecule has 2 aromatic heterocycles. The maximum absolute atomic E-state index is 2.42. The van der Waals surface area contributed by atoms with Crippen LogP contribution in [0.5, 0.6) is 0 Å². The molecule has 0 atom stereocenters. The third kappa shape index (κ3) is 4.03. The summed E-state index contributed by atoms with van der Waals surface area (Å²) in [4.78, 5) is 0. The van der Waals surface area contributed by atoms with E-state index in [4.69, 9.17) is 0 Å². The molecule has 2 heterocycles. The van der Waals surface area contributed by atoms with E-state index in [9.17, 15) is 0 Å². The van der Waals surface area contributed by atoms with E-state index in [0.29, 0.717) is 0 Å². The van der Waals surface area contributed by atoms with Crippen molar-refractivity contribution in [3.8, 4) is 44.5 Å². The smallest absolute Gasteiger partial charge is 0.0434 e. The molecule has 0 radical (unpaired) electrons. The molecule has 0 amide bonds. The maximum atomic E-state index is 2.42. The minimum Gasteiger partial charge on any atom is -0.135 e. The standard InChI is InChI=1S/C42H26S2/c1-3-13-27(14-4-1)29-25-36(34-21-11-19-32-30-17-7-9-23-38(30)43-41(32)34)40(28-15-5-2-6-16-28)37(26-29)35-22-12-20-33-31-18-8-10-24-39(31)44-42(33)35/h1-26H. The van der Waals surface area contributed by atoms with Crippen LogP contribution in [0, 0.1) is 0 Å². The van der Waals surface area contributed by atoms with Crippen LogP contribution in [0.25, 0.3) is 84.9 Å². The zero-order chi connectivity index (χ0) is 29.0. The van der Waals surface area contributed by atoms with Crippen LogP contribution in [-0.2, 0) is 0 Å². The van der Waals surface area contributed by atoms with Gasteiger partial charge in [-0.05, 0) is 57.6 Å². The van der Waals surface area contributed by atoms with E-state index in [1.54, 1.807) is 0 Å². The molecule has 9 rings (SSSR count). The lowest BCUT2D eigenvalue weighted by Gasteiger charge is -2.20. The SMILES string of the molecule is c1ccc(-c2cc(-c3cccc4c3sc3ccccc34)c(-c3ccccc3)c(-c3cccc4c3sc3ccccc34)c2)cc1. The molecule has 44 heavy (non-hydrogen) atoms. The molecule has 2 heteroatoms. The Balaban J connectivity index is 1.45. The summed E-state index contributed by atoms with van der Waals surface area (Å²) in [6, 6.07) is 57.9. The van der Waals surface area contributed by atoms with E-state index < -0.39 is 0 Å². The second-order valence-corrected chi connectivity index (χ2v) is 13.3. The average Bonchev–Trinajstić information content (AvgIpc) is 3.67. The fourth-order valence-corrected chi connectivity index (χ4v) is 9.16. The van der Waals surface area contributed by atoms with Gasteiger partial charge in [-0.3, -0.25) is 0 Å². The van der Waals surface area contributed by atoms with Crippen LogP contribution in [0.2, 0.25) is 0 Å². The van der Waals surface area contributed by atoms with Gasteiger partial charge in [-0.25, -0.2) is 0 Å². The summed E-state index contributed by atoms with van der Waals surface area (Å²) in [6.45, 7) is 0. The summed E-state index contributed by atoms with van der Waals surface area (Å²) in [7, 11) is 0. The summed E-state index contributed by atoms with van der Waals surface area (Å²) in [5, 5.41) is 5.29. The Labute approximate surface area is 264 Å². The van der Waals surface area contributed by atoms with Crippen molar-refractivity contribution in [3.63, 3.8) is 0 Å². The molecule has 0 aliphatic rings. The normalized spacial score (nSPS) is 11.6. The van der Waals surface area contributed by atoms with Gasteiger partial charge in [0.15, 0.2) is 0 Å². The first kappa shape index (κ1) is 25.5. The Morgan fingerprint density at radius 3 is 1.25 bits per heavy atom. The van der Waals surface area contributed by atoms with Gasteiger partial charge in [-0.15, -0.1) is 22.7 Å². The Morgan fingerprint density at radius 2 is 0.727 bits per heavy atom. The van der Waals surface area contributed by atoms with E-state index in [2.05, 4.69) is 158 Å². The molecule has 0 saturated heterocycles. The highest BCUT2D eigenvalue weighted by Crippen LogP contribution is 2.49. The molecule has 0 spiro atoms. The van der Waals surface area contributed by atoms with Crippen LogP contribution in [0.4, 0.5) is 0 Å². The fraction of sp³-hybridized carbons (Fsp3) is 0. The lowest BCUT2D eigenvalue weighted by Crippen LogP contribution is -1.93. The quantitative estimate of drug-likeness (QED) is 0.190. The fourth-order valence-electron chi connectivity index (χ4n) is 6.70. The summed E-state index contributed by atoms with van der Waals surface area (Å²) < 4.78 is 5.32. The summed E-state index contributed by atoms with van der Waals surface area (Å²) in [5.74, 6) is 0. The molecule has 0 N–H and O–H groups in total. The van der Waals surface area contributed by atoms with Crippen LogP contribution < -0.4 is 0 Å². The monoisotopic (exact) mass is 594 g/mol. The van der Waals surface area contributed by atoms with Gasteiger partial charge in [0.05, 0.1) is 0 Å². The molecule has 9 aromatic rings. The number of hydrogen-bond donors (Lipinski definition) is 0. The van der Waals surface area contributed by atoms with Gasteiger partial charge in [0.25, 0.3) is 0 Å². The molecule has 0 unspecified atom stereocenters. The van der Waals surface area contributed by atoms with E-state index in [0.717, 1.165) is 0 Å². The third-order valence-electron chi connectivity index (χ3n) is 8.70. The minimum absolute atomic E-state index is 1.22. The second-order valence-electron chi connectivity index (χ2n) is 11.2. The lowest BCUT2D eigenvalue weighted by atomic mass is 9.84. The molecule has 0 aliphatic heterocycles. The first-order valence-corrected chi connectivity index (χ1v) is 16.6. The summed E-state index contributed by atoms with van der Waals surface area (Å²) in [6.07, 6.45) is 0. The van der Waals surface area contributed by atoms with Crippen molar-refractivity contribution >= 4 is 63.0 Å². The largest absolute Gasteiger partial charge is 0.135 e. The molecule has 0 nitrogen and oxygen atoms in total. The highest BCUT2D eigenvalue weighted by atomic mass is 32.1. The Morgan fingerprint density at radius 1 is 0.295 bits per heavy atom. The Hall–Kier alpha value is -5.02. The summed E-state index contributed by atoms with van der Waals surface area (Å²) >= 11 is 3.80. The highest BCUT2D eigenvalue weighted by molar-refractivity contribution is 7.26. The number of benzene rings is 7. The number of hydrogen-bond acceptors (Lipinski definition) is 2. The van der Waals surface area contributed by atoms with Crippen molar-refractivity contribution in [3.05, 3.63) is 158 Å². The molecule has 206 valence electrons. The highest BCUT2D eigenvalue weighted by Gasteiger charge is 2.21. The number of fused-ring (bicyclic) bond motifs is 6. The van der Waals surface area contributed by atoms with Gasteiger partial charge in [0, 0.05) is 51.5 Å².